The molecule has 0 aliphatic carbocycles. The SMILES string of the molecule is COc1cccc(/C=N/NC(=O)c2cc3cc(Br)ccc3o2)c1O[C@H](C)C(=O)O. The number of benzene rings is 2. The van der Waals surface area contributed by atoms with Crippen LogP contribution in [-0.4, -0.2) is 36.4 Å². The third-order valence-corrected chi connectivity index (χ3v) is 4.44. The second-order valence-corrected chi connectivity index (χ2v) is 6.88. The predicted octanol–water partition coefficient (Wildman–Crippen LogP) is 3.82. The maximum Gasteiger partial charge on any atom is 0.344 e. The fourth-order valence-corrected chi connectivity index (χ4v) is 2.87. The number of para-hydroxylation sites is 1. The molecule has 1 heterocycles. The second kappa shape index (κ2) is 8.78. The molecule has 29 heavy (non-hydrogen) atoms. The molecule has 1 amide bonds. The van der Waals surface area contributed by atoms with Crippen molar-refractivity contribution < 1.29 is 28.6 Å². The Bertz CT molecular complexity index is 1090. The van der Waals surface area contributed by atoms with Gasteiger partial charge in [-0.2, -0.15) is 5.10 Å². The highest BCUT2D eigenvalue weighted by atomic mass is 79.9. The first-order valence-corrected chi connectivity index (χ1v) is 9.27. The lowest BCUT2D eigenvalue weighted by molar-refractivity contribution is -0.144. The number of hydrazone groups is 1. The molecule has 0 unspecified atom stereocenters. The Kier molecular flexibility index (Phi) is 6.18. The number of furan rings is 1. The van der Waals surface area contributed by atoms with Gasteiger partial charge in [0.15, 0.2) is 23.4 Å². The number of carboxylic acid groups (broad SMARTS) is 1. The van der Waals surface area contributed by atoms with E-state index in [2.05, 4.69) is 26.5 Å². The van der Waals surface area contributed by atoms with Gasteiger partial charge in [-0.15, -0.1) is 0 Å². The summed E-state index contributed by atoms with van der Waals surface area (Å²) < 4.78 is 17.1. The van der Waals surface area contributed by atoms with E-state index in [-0.39, 0.29) is 11.5 Å². The van der Waals surface area contributed by atoms with Crippen LogP contribution in [0.1, 0.15) is 23.0 Å². The molecule has 8 nitrogen and oxygen atoms in total. The van der Waals surface area contributed by atoms with Gasteiger partial charge in [0.25, 0.3) is 0 Å². The molecule has 1 aromatic heterocycles. The zero-order chi connectivity index (χ0) is 21.0. The van der Waals surface area contributed by atoms with Crippen LogP contribution in [0.5, 0.6) is 11.5 Å². The van der Waals surface area contributed by atoms with Crippen molar-refractivity contribution in [3.05, 3.63) is 58.3 Å². The average Bonchev–Trinajstić information content (AvgIpc) is 3.12. The molecule has 2 N–H and O–H groups in total. The zero-order valence-corrected chi connectivity index (χ0v) is 17.1. The zero-order valence-electron chi connectivity index (χ0n) is 15.5. The first-order valence-electron chi connectivity index (χ1n) is 8.48. The van der Waals surface area contributed by atoms with Crippen molar-refractivity contribution in [2.24, 2.45) is 5.10 Å². The molecule has 0 bridgehead atoms. The number of halogens is 1. The van der Waals surface area contributed by atoms with Crippen LogP contribution in [-0.2, 0) is 4.79 Å². The summed E-state index contributed by atoms with van der Waals surface area (Å²) in [7, 11) is 1.44. The topological polar surface area (TPSA) is 110 Å². The Labute approximate surface area is 174 Å². The second-order valence-electron chi connectivity index (χ2n) is 5.97. The van der Waals surface area contributed by atoms with Crippen LogP contribution in [0, 0.1) is 0 Å². The van der Waals surface area contributed by atoms with Crippen molar-refractivity contribution in [3.8, 4) is 11.5 Å². The highest BCUT2D eigenvalue weighted by molar-refractivity contribution is 9.10. The number of carboxylic acids is 1. The van der Waals surface area contributed by atoms with Crippen LogP contribution in [0.15, 0.2) is 56.5 Å². The lowest BCUT2D eigenvalue weighted by Crippen LogP contribution is -2.23. The van der Waals surface area contributed by atoms with Gasteiger partial charge in [-0.1, -0.05) is 22.0 Å². The van der Waals surface area contributed by atoms with Crippen LogP contribution >= 0.6 is 15.9 Å². The minimum Gasteiger partial charge on any atom is -0.493 e. The Morgan fingerprint density at radius 1 is 1.28 bits per heavy atom. The highest BCUT2D eigenvalue weighted by Crippen LogP contribution is 2.31. The largest absolute Gasteiger partial charge is 0.493 e. The fourth-order valence-electron chi connectivity index (χ4n) is 2.49. The maximum absolute atomic E-state index is 12.3. The van der Waals surface area contributed by atoms with Crippen molar-refractivity contribution in [2.75, 3.05) is 7.11 Å². The first-order chi connectivity index (χ1) is 13.9. The van der Waals surface area contributed by atoms with Crippen LogP contribution in [0.4, 0.5) is 0 Å². The van der Waals surface area contributed by atoms with Crippen molar-refractivity contribution in [3.63, 3.8) is 0 Å². The molecular weight excluding hydrogens is 444 g/mol. The molecular formula is C20H17BrN2O6. The molecule has 0 radical (unpaired) electrons. The first kappa shape index (κ1) is 20.4. The van der Waals surface area contributed by atoms with E-state index in [4.69, 9.17) is 19.0 Å². The number of methoxy groups -OCH3 is 1. The number of hydrogen-bond donors (Lipinski definition) is 2. The van der Waals surface area contributed by atoms with E-state index >= 15 is 0 Å². The van der Waals surface area contributed by atoms with E-state index in [0.29, 0.717) is 16.9 Å². The number of carbonyl (C=O) groups is 2. The number of aliphatic carboxylic acids is 1. The van der Waals surface area contributed by atoms with Gasteiger partial charge in [-0.3, -0.25) is 4.79 Å². The molecule has 9 heteroatoms. The summed E-state index contributed by atoms with van der Waals surface area (Å²) in [6, 6.07) is 12.0. The molecule has 2 aromatic carbocycles. The van der Waals surface area contributed by atoms with Gasteiger partial charge >= 0.3 is 11.9 Å². The van der Waals surface area contributed by atoms with Gasteiger partial charge in [0.1, 0.15) is 5.58 Å². The standard InChI is InChI=1S/C20H17BrN2O6/c1-11(20(25)26)28-18-12(4-3-5-16(18)27-2)10-22-23-19(24)17-9-13-8-14(21)6-7-15(13)29-17/h3-11H,1-2H3,(H,23,24)(H,25,26)/b22-10+/t11-/m1/s1. The Morgan fingerprint density at radius 3 is 2.79 bits per heavy atom. The van der Waals surface area contributed by atoms with E-state index in [9.17, 15) is 9.59 Å². The molecule has 0 fully saturated rings. The van der Waals surface area contributed by atoms with Gasteiger partial charge in [0.2, 0.25) is 0 Å². The normalized spacial score (nSPS) is 12.1. The lowest BCUT2D eigenvalue weighted by Gasteiger charge is -2.15. The van der Waals surface area contributed by atoms with Crippen LogP contribution in [0.2, 0.25) is 0 Å². The molecule has 3 aromatic rings. The summed E-state index contributed by atoms with van der Waals surface area (Å²) in [5.41, 5.74) is 3.39. The van der Waals surface area contributed by atoms with E-state index in [1.807, 2.05) is 12.1 Å². The summed E-state index contributed by atoms with van der Waals surface area (Å²) in [6.45, 7) is 1.40. The van der Waals surface area contributed by atoms with Crippen molar-refractivity contribution >= 4 is 45.0 Å². The molecule has 1 atom stereocenters. The monoisotopic (exact) mass is 460 g/mol. The fraction of sp³-hybridized carbons (Fsp3) is 0.150. The summed E-state index contributed by atoms with van der Waals surface area (Å²) in [5, 5.41) is 13.8. The minimum atomic E-state index is -1.12. The van der Waals surface area contributed by atoms with Gasteiger partial charge in [-0.25, -0.2) is 10.2 Å². The van der Waals surface area contributed by atoms with Gasteiger partial charge < -0.3 is 19.0 Å². The number of rotatable bonds is 7. The van der Waals surface area contributed by atoms with Gasteiger partial charge in [-0.05, 0) is 43.3 Å². The maximum atomic E-state index is 12.3. The summed E-state index contributed by atoms with van der Waals surface area (Å²) in [6.07, 6.45) is 0.242. The number of carbonyl (C=O) groups excluding carboxylic acids is 1. The Morgan fingerprint density at radius 2 is 2.07 bits per heavy atom. The van der Waals surface area contributed by atoms with E-state index in [1.54, 1.807) is 30.3 Å². The molecule has 0 saturated carbocycles. The molecule has 150 valence electrons. The van der Waals surface area contributed by atoms with Crippen molar-refractivity contribution in [1.82, 2.24) is 5.43 Å². The van der Waals surface area contributed by atoms with E-state index in [0.717, 1.165) is 9.86 Å². The Hall–Kier alpha value is -3.33. The van der Waals surface area contributed by atoms with Crippen LogP contribution in [0.3, 0.4) is 0 Å². The number of fused-ring (bicyclic) bond motifs is 1. The van der Waals surface area contributed by atoms with Crippen molar-refractivity contribution in [2.45, 2.75) is 13.0 Å². The summed E-state index contributed by atoms with van der Waals surface area (Å²) in [5.74, 6) is -0.994. The van der Waals surface area contributed by atoms with E-state index in [1.165, 1.54) is 20.2 Å². The molecule has 0 aliphatic heterocycles. The van der Waals surface area contributed by atoms with E-state index < -0.39 is 18.0 Å². The van der Waals surface area contributed by atoms with Crippen LogP contribution in [0.25, 0.3) is 11.0 Å². The van der Waals surface area contributed by atoms with Gasteiger partial charge in [0, 0.05) is 15.4 Å². The number of nitrogens with one attached hydrogen (secondary N) is 1. The average molecular weight is 461 g/mol. The third kappa shape index (κ3) is 4.75. The molecule has 0 aliphatic rings. The molecule has 3 rings (SSSR count). The summed E-state index contributed by atoms with van der Waals surface area (Å²) >= 11 is 3.37. The number of nitrogens with zero attached hydrogens (tertiary/aromatic N) is 1. The van der Waals surface area contributed by atoms with Gasteiger partial charge in [0.05, 0.1) is 13.3 Å². The quantitative estimate of drug-likeness (QED) is 0.409. The molecule has 0 saturated heterocycles. The number of amides is 1. The molecule has 0 spiro atoms. The lowest BCUT2D eigenvalue weighted by atomic mass is 10.2. The number of hydrogen-bond acceptors (Lipinski definition) is 6. The van der Waals surface area contributed by atoms with Crippen molar-refractivity contribution in [1.29, 1.82) is 0 Å². The Balaban J connectivity index is 1.78. The number of ether oxygens (including phenoxy) is 2. The van der Waals surface area contributed by atoms with Crippen LogP contribution < -0.4 is 14.9 Å². The minimum absolute atomic E-state index is 0.108. The predicted molar refractivity (Wildman–Crippen MR) is 110 cm³/mol. The third-order valence-electron chi connectivity index (χ3n) is 3.94. The smallest absolute Gasteiger partial charge is 0.344 e. The highest BCUT2D eigenvalue weighted by Gasteiger charge is 2.18. The summed E-state index contributed by atoms with van der Waals surface area (Å²) in [4.78, 5) is 23.4.